The minimum absolute atomic E-state index is 0.225. The first-order valence-electron chi connectivity index (χ1n) is 9.44. The molecule has 1 aliphatic heterocycles. The van der Waals surface area contributed by atoms with Crippen molar-refractivity contribution in [3.63, 3.8) is 0 Å². The summed E-state index contributed by atoms with van der Waals surface area (Å²) >= 11 is 5.91. The van der Waals surface area contributed by atoms with Gasteiger partial charge in [-0.2, -0.15) is 0 Å². The number of carbonyl (C=O) groups excluding carboxylic acids is 1. The smallest absolute Gasteiger partial charge is 0.410 e. The van der Waals surface area contributed by atoms with Crippen LogP contribution in [-0.4, -0.2) is 49.2 Å². The fourth-order valence-electron chi connectivity index (χ4n) is 2.97. The minimum atomic E-state index is -0.462. The van der Waals surface area contributed by atoms with Crippen LogP contribution in [0.3, 0.4) is 0 Å². The molecule has 27 heavy (non-hydrogen) atoms. The van der Waals surface area contributed by atoms with E-state index in [4.69, 9.17) is 16.3 Å². The minimum Gasteiger partial charge on any atom is -0.444 e. The third-order valence-corrected chi connectivity index (χ3v) is 4.58. The zero-order valence-electron chi connectivity index (χ0n) is 16.7. The van der Waals surface area contributed by atoms with E-state index >= 15 is 0 Å². The molecule has 1 heterocycles. The lowest BCUT2D eigenvalue weighted by atomic mass is 9.98. The number of ether oxygens (including phenoxy) is 1. The van der Waals surface area contributed by atoms with Gasteiger partial charge in [-0.15, -0.1) is 0 Å². The van der Waals surface area contributed by atoms with Crippen molar-refractivity contribution in [1.29, 1.82) is 0 Å². The molecule has 2 rings (SSSR count). The number of benzene rings is 1. The van der Waals surface area contributed by atoms with Crippen molar-refractivity contribution >= 4 is 23.7 Å². The first-order valence-corrected chi connectivity index (χ1v) is 9.81. The van der Waals surface area contributed by atoms with Gasteiger partial charge < -0.3 is 20.3 Å². The van der Waals surface area contributed by atoms with E-state index in [0.29, 0.717) is 19.0 Å². The fraction of sp³-hybridized carbons (Fsp3) is 0.600. The van der Waals surface area contributed by atoms with Gasteiger partial charge in [-0.1, -0.05) is 23.7 Å². The SMILES string of the molecule is CN=C(NCc1ccc(Cl)cc1)NCC1CCCN(C(=O)OC(C)(C)C)C1. The molecule has 0 aromatic heterocycles. The average Bonchev–Trinajstić information content (AvgIpc) is 2.62. The Bertz CT molecular complexity index is 640. The normalized spacial score (nSPS) is 18.2. The van der Waals surface area contributed by atoms with Crippen molar-refractivity contribution in [2.75, 3.05) is 26.7 Å². The van der Waals surface area contributed by atoms with Gasteiger partial charge >= 0.3 is 6.09 Å². The van der Waals surface area contributed by atoms with E-state index in [1.165, 1.54) is 0 Å². The molecular formula is C20H31ClN4O2. The number of nitrogens with one attached hydrogen (secondary N) is 2. The second-order valence-corrected chi connectivity index (χ2v) is 8.30. The highest BCUT2D eigenvalue weighted by molar-refractivity contribution is 6.30. The van der Waals surface area contributed by atoms with Crippen LogP contribution < -0.4 is 10.6 Å². The lowest BCUT2D eigenvalue weighted by molar-refractivity contribution is 0.0168. The Hall–Kier alpha value is -1.95. The molecule has 0 radical (unpaired) electrons. The summed E-state index contributed by atoms with van der Waals surface area (Å²) in [6.45, 7) is 8.58. The van der Waals surface area contributed by atoms with Crippen LogP contribution >= 0.6 is 11.6 Å². The van der Waals surface area contributed by atoms with Gasteiger partial charge in [0.2, 0.25) is 0 Å². The van der Waals surface area contributed by atoms with Crippen molar-refractivity contribution in [1.82, 2.24) is 15.5 Å². The summed E-state index contributed by atoms with van der Waals surface area (Å²) in [5.41, 5.74) is 0.673. The molecule has 6 nitrogen and oxygen atoms in total. The number of hydrogen-bond donors (Lipinski definition) is 2. The van der Waals surface area contributed by atoms with E-state index < -0.39 is 5.60 Å². The van der Waals surface area contributed by atoms with Crippen LogP contribution in [0.15, 0.2) is 29.3 Å². The second-order valence-electron chi connectivity index (χ2n) is 7.87. The highest BCUT2D eigenvalue weighted by Crippen LogP contribution is 2.19. The lowest BCUT2D eigenvalue weighted by Gasteiger charge is -2.34. The van der Waals surface area contributed by atoms with Gasteiger partial charge in [0.05, 0.1) is 0 Å². The van der Waals surface area contributed by atoms with Gasteiger partial charge in [0.1, 0.15) is 5.60 Å². The van der Waals surface area contributed by atoms with Gasteiger partial charge in [0.25, 0.3) is 0 Å². The first kappa shape index (κ1) is 21.4. The summed E-state index contributed by atoms with van der Waals surface area (Å²) in [6, 6.07) is 7.73. The van der Waals surface area contributed by atoms with Gasteiger partial charge in [0, 0.05) is 38.2 Å². The standard InChI is InChI=1S/C20H31ClN4O2/c1-20(2,3)27-19(26)25-11-5-6-16(14-25)13-24-18(22-4)23-12-15-7-9-17(21)10-8-15/h7-10,16H,5-6,11-14H2,1-4H3,(H2,22,23,24). The fourth-order valence-corrected chi connectivity index (χ4v) is 3.10. The summed E-state index contributed by atoms with van der Waals surface area (Å²) in [4.78, 5) is 18.4. The Morgan fingerprint density at radius 1 is 1.30 bits per heavy atom. The zero-order chi connectivity index (χ0) is 19.9. The molecule has 0 spiro atoms. The molecular weight excluding hydrogens is 364 g/mol. The third-order valence-electron chi connectivity index (χ3n) is 4.33. The highest BCUT2D eigenvalue weighted by Gasteiger charge is 2.27. The van der Waals surface area contributed by atoms with E-state index in [2.05, 4.69) is 15.6 Å². The van der Waals surface area contributed by atoms with Crippen molar-refractivity contribution < 1.29 is 9.53 Å². The topological polar surface area (TPSA) is 66.0 Å². The maximum atomic E-state index is 12.3. The van der Waals surface area contributed by atoms with E-state index in [9.17, 15) is 4.79 Å². The molecule has 2 N–H and O–H groups in total. The predicted octanol–water partition coefficient (Wildman–Crippen LogP) is 3.65. The number of hydrogen-bond acceptors (Lipinski definition) is 3. The van der Waals surface area contributed by atoms with Crippen molar-refractivity contribution in [2.24, 2.45) is 10.9 Å². The van der Waals surface area contributed by atoms with Gasteiger partial charge in [-0.3, -0.25) is 4.99 Å². The van der Waals surface area contributed by atoms with Crippen LogP contribution in [0.4, 0.5) is 4.79 Å². The summed E-state index contributed by atoms with van der Waals surface area (Å²) in [6.07, 6.45) is 1.85. The maximum absolute atomic E-state index is 12.3. The molecule has 0 bridgehead atoms. The van der Waals surface area contributed by atoms with E-state index in [-0.39, 0.29) is 6.09 Å². The molecule has 0 aliphatic carbocycles. The average molecular weight is 395 g/mol. The van der Waals surface area contributed by atoms with Gasteiger partial charge in [0.15, 0.2) is 5.96 Å². The van der Waals surface area contributed by atoms with Crippen LogP contribution in [-0.2, 0) is 11.3 Å². The molecule has 1 unspecified atom stereocenters. The Morgan fingerprint density at radius 3 is 2.63 bits per heavy atom. The maximum Gasteiger partial charge on any atom is 0.410 e. The molecule has 1 fully saturated rings. The van der Waals surface area contributed by atoms with Crippen LogP contribution in [0.25, 0.3) is 0 Å². The lowest BCUT2D eigenvalue weighted by Crippen LogP contribution is -2.47. The Balaban J connectivity index is 1.78. The third kappa shape index (κ3) is 7.67. The molecule has 150 valence electrons. The molecule has 0 saturated carbocycles. The quantitative estimate of drug-likeness (QED) is 0.604. The van der Waals surface area contributed by atoms with Crippen LogP contribution in [0.5, 0.6) is 0 Å². The van der Waals surface area contributed by atoms with E-state index in [0.717, 1.165) is 42.5 Å². The Kier molecular flexibility index (Phi) is 7.78. The van der Waals surface area contributed by atoms with E-state index in [1.54, 1.807) is 7.05 Å². The van der Waals surface area contributed by atoms with Crippen molar-refractivity contribution in [3.05, 3.63) is 34.9 Å². The molecule has 1 aliphatic rings. The monoisotopic (exact) mass is 394 g/mol. The molecule has 1 atom stereocenters. The number of amides is 1. The summed E-state index contributed by atoms with van der Waals surface area (Å²) < 4.78 is 5.49. The van der Waals surface area contributed by atoms with Crippen LogP contribution in [0.2, 0.25) is 5.02 Å². The second kappa shape index (κ2) is 9.83. The summed E-state index contributed by atoms with van der Waals surface area (Å²) in [7, 11) is 1.76. The number of likely N-dealkylation sites (tertiary alicyclic amines) is 1. The number of halogens is 1. The zero-order valence-corrected chi connectivity index (χ0v) is 17.5. The van der Waals surface area contributed by atoms with Crippen molar-refractivity contribution in [3.8, 4) is 0 Å². The molecule has 7 heteroatoms. The van der Waals surface area contributed by atoms with Crippen molar-refractivity contribution in [2.45, 2.75) is 45.8 Å². The first-order chi connectivity index (χ1) is 12.8. The summed E-state index contributed by atoms with van der Waals surface area (Å²) in [5, 5.41) is 7.39. The number of carbonyl (C=O) groups is 1. The largest absolute Gasteiger partial charge is 0.444 e. The highest BCUT2D eigenvalue weighted by atomic mass is 35.5. The van der Waals surface area contributed by atoms with Crippen LogP contribution in [0, 0.1) is 5.92 Å². The van der Waals surface area contributed by atoms with Gasteiger partial charge in [-0.05, 0) is 57.2 Å². The molecule has 1 saturated heterocycles. The molecule has 1 aromatic carbocycles. The number of aliphatic imine (C=N–C) groups is 1. The Labute approximate surface area is 167 Å². The number of piperidine rings is 1. The number of rotatable bonds is 4. The molecule has 1 aromatic rings. The van der Waals surface area contributed by atoms with Gasteiger partial charge in [-0.25, -0.2) is 4.79 Å². The predicted molar refractivity (Wildman–Crippen MR) is 110 cm³/mol. The number of guanidine groups is 1. The molecule has 1 amide bonds. The number of nitrogens with zero attached hydrogens (tertiary/aromatic N) is 2. The Morgan fingerprint density at radius 2 is 2.00 bits per heavy atom. The van der Waals surface area contributed by atoms with Crippen LogP contribution in [0.1, 0.15) is 39.2 Å². The summed E-state index contributed by atoms with van der Waals surface area (Å²) in [5.74, 6) is 1.12. The van der Waals surface area contributed by atoms with E-state index in [1.807, 2.05) is 49.9 Å².